The minimum atomic E-state index is -0.279. The highest BCUT2D eigenvalue weighted by molar-refractivity contribution is 5.91. The Morgan fingerprint density at radius 3 is 2.47 bits per heavy atom. The third-order valence-electron chi connectivity index (χ3n) is 7.60. The van der Waals surface area contributed by atoms with Crippen LogP contribution in [0.4, 0.5) is 10.2 Å². The van der Waals surface area contributed by atoms with Crippen LogP contribution in [-0.2, 0) is 11.2 Å². The second-order valence-corrected chi connectivity index (χ2v) is 11.0. The van der Waals surface area contributed by atoms with Crippen molar-refractivity contribution in [2.45, 2.75) is 79.6 Å². The number of carbonyl (C=O) groups is 1. The number of unbranched alkanes of at least 4 members (excludes halogenated alkanes) is 1. The molecule has 206 valence electrons. The molecule has 1 aliphatic rings. The zero-order valence-corrected chi connectivity index (χ0v) is 23.7. The molecule has 1 amide bonds. The van der Waals surface area contributed by atoms with Gasteiger partial charge >= 0.3 is 0 Å². The van der Waals surface area contributed by atoms with Crippen molar-refractivity contribution < 1.29 is 9.18 Å². The molecule has 1 fully saturated rings. The zero-order valence-electron chi connectivity index (χ0n) is 23.7. The van der Waals surface area contributed by atoms with Crippen molar-refractivity contribution in [3.8, 4) is 5.69 Å². The van der Waals surface area contributed by atoms with Crippen LogP contribution in [0.5, 0.6) is 0 Å². The maximum absolute atomic E-state index is 13.6. The Morgan fingerprint density at radius 1 is 1.03 bits per heavy atom. The summed E-state index contributed by atoms with van der Waals surface area (Å²) < 4.78 is 15.4. The number of hydrogen-bond donors (Lipinski definition) is 0. The number of amides is 1. The van der Waals surface area contributed by atoms with Crippen LogP contribution < -0.4 is 4.90 Å². The Hall–Kier alpha value is -3.03. The maximum Gasteiger partial charge on any atom is 0.225 e. The normalized spacial score (nSPS) is 15.3. The van der Waals surface area contributed by atoms with Crippen LogP contribution in [0, 0.1) is 24.6 Å². The Bertz CT molecular complexity index is 1220. The van der Waals surface area contributed by atoms with Crippen LogP contribution in [0.25, 0.3) is 16.7 Å². The van der Waals surface area contributed by atoms with Crippen molar-refractivity contribution in [3.05, 3.63) is 41.6 Å². The lowest BCUT2D eigenvalue weighted by atomic mass is 9.97. The van der Waals surface area contributed by atoms with Gasteiger partial charge in [0.15, 0.2) is 5.65 Å². The molecule has 0 radical (unpaired) electrons. The minimum absolute atomic E-state index is 0.117. The van der Waals surface area contributed by atoms with Gasteiger partial charge in [-0.15, -0.1) is 0 Å². The largest absolute Gasteiger partial charge is 0.354 e. The van der Waals surface area contributed by atoms with E-state index in [-0.39, 0.29) is 11.7 Å². The van der Waals surface area contributed by atoms with E-state index in [1.165, 1.54) is 12.1 Å². The van der Waals surface area contributed by atoms with Gasteiger partial charge in [-0.1, -0.05) is 40.5 Å². The van der Waals surface area contributed by atoms with Gasteiger partial charge in [-0.05, 0) is 62.8 Å². The Morgan fingerprint density at radius 2 is 1.79 bits per heavy atom. The van der Waals surface area contributed by atoms with E-state index >= 15 is 0 Å². The molecule has 0 N–H and O–H groups in total. The fraction of sp³-hybridized carbons (Fsp3) is 0.600. The summed E-state index contributed by atoms with van der Waals surface area (Å²) in [6.45, 7) is 13.7. The van der Waals surface area contributed by atoms with Crippen LogP contribution in [0.15, 0.2) is 24.3 Å². The molecule has 3 aromatic rings. The summed E-state index contributed by atoms with van der Waals surface area (Å²) >= 11 is 0. The van der Waals surface area contributed by atoms with Crippen LogP contribution in [-0.4, -0.2) is 56.7 Å². The molecule has 1 atom stereocenters. The lowest BCUT2D eigenvalue weighted by molar-refractivity contribution is -0.135. The first-order valence-corrected chi connectivity index (χ1v) is 14.4. The van der Waals surface area contributed by atoms with E-state index in [0.29, 0.717) is 18.4 Å². The number of benzene rings is 1. The number of carbonyl (C=O) groups excluding carboxylic acids is 1. The van der Waals surface area contributed by atoms with E-state index in [0.717, 1.165) is 98.6 Å². The fourth-order valence-electron chi connectivity index (χ4n) is 5.29. The molecule has 4 rings (SSSR count). The van der Waals surface area contributed by atoms with E-state index in [4.69, 9.17) is 15.1 Å². The number of aryl methyl sites for hydroxylation is 2. The van der Waals surface area contributed by atoms with Crippen LogP contribution >= 0.6 is 0 Å². The highest BCUT2D eigenvalue weighted by atomic mass is 19.1. The smallest absolute Gasteiger partial charge is 0.225 e. The second kappa shape index (κ2) is 12.7. The van der Waals surface area contributed by atoms with Gasteiger partial charge in [0.25, 0.3) is 0 Å². The van der Waals surface area contributed by atoms with Crippen LogP contribution in [0.2, 0.25) is 0 Å². The first-order chi connectivity index (χ1) is 18.3. The highest BCUT2D eigenvalue weighted by Crippen LogP contribution is 2.30. The Labute approximate surface area is 226 Å². The number of fused-ring (bicyclic) bond motifs is 1. The molecule has 38 heavy (non-hydrogen) atoms. The van der Waals surface area contributed by atoms with Gasteiger partial charge in [-0.3, -0.25) is 4.79 Å². The van der Waals surface area contributed by atoms with Crippen molar-refractivity contribution in [2.24, 2.45) is 11.8 Å². The quantitative estimate of drug-likeness (QED) is 0.322. The minimum Gasteiger partial charge on any atom is -0.354 e. The standard InChI is InChI=1S/C30H43FN6O/c1-6-8-10-23(7-2)30(38)36-18-9-17-35(19-20-36)28-27-22(5)34-37(25-14-12-24(31)13-15-25)29(27)33-26(32-28)16-11-21(3)4/h12-15,21,23H,6-11,16-20H2,1-5H3/t23-/m0/s1. The third kappa shape index (κ3) is 6.33. The number of anilines is 1. The Kier molecular flexibility index (Phi) is 9.34. The SMILES string of the molecule is CCCC[C@H](CC)C(=O)N1CCCN(c2nc(CCC(C)C)nc3c2c(C)nn3-c2ccc(F)cc2)CC1. The lowest BCUT2D eigenvalue weighted by Crippen LogP contribution is -2.39. The molecule has 1 aromatic carbocycles. The molecule has 0 unspecified atom stereocenters. The number of halogens is 1. The molecule has 8 heteroatoms. The summed E-state index contributed by atoms with van der Waals surface area (Å²) in [6.07, 6.45) is 6.75. The molecule has 2 aromatic heterocycles. The predicted octanol–water partition coefficient (Wildman–Crippen LogP) is 6.11. The zero-order chi connectivity index (χ0) is 27.2. The van der Waals surface area contributed by atoms with Gasteiger partial charge in [0, 0.05) is 38.5 Å². The highest BCUT2D eigenvalue weighted by Gasteiger charge is 2.27. The van der Waals surface area contributed by atoms with Crippen molar-refractivity contribution in [1.82, 2.24) is 24.6 Å². The van der Waals surface area contributed by atoms with Gasteiger partial charge in [0.05, 0.1) is 16.8 Å². The van der Waals surface area contributed by atoms with Crippen molar-refractivity contribution in [1.29, 1.82) is 0 Å². The van der Waals surface area contributed by atoms with Crippen LogP contribution in [0.3, 0.4) is 0 Å². The van der Waals surface area contributed by atoms with Crippen molar-refractivity contribution in [3.63, 3.8) is 0 Å². The van der Waals surface area contributed by atoms with Crippen LogP contribution in [0.1, 0.15) is 77.7 Å². The molecule has 0 bridgehead atoms. The number of rotatable bonds is 10. The van der Waals surface area contributed by atoms with E-state index in [2.05, 4.69) is 37.5 Å². The fourth-order valence-corrected chi connectivity index (χ4v) is 5.29. The van der Waals surface area contributed by atoms with Gasteiger partial charge in [0.1, 0.15) is 17.5 Å². The summed E-state index contributed by atoms with van der Waals surface area (Å²) in [5.41, 5.74) is 2.37. The summed E-state index contributed by atoms with van der Waals surface area (Å²) in [5, 5.41) is 5.74. The summed E-state index contributed by atoms with van der Waals surface area (Å²) in [4.78, 5) is 27.7. The predicted molar refractivity (Wildman–Crippen MR) is 151 cm³/mol. The maximum atomic E-state index is 13.6. The number of nitrogens with zero attached hydrogens (tertiary/aromatic N) is 6. The molecule has 3 heterocycles. The first kappa shape index (κ1) is 28.0. The third-order valence-corrected chi connectivity index (χ3v) is 7.60. The number of hydrogen-bond acceptors (Lipinski definition) is 5. The lowest BCUT2D eigenvalue weighted by Gasteiger charge is -2.26. The van der Waals surface area contributed by atoms with Gasteiger partial charge in [-0.2, -0.15) is 5.10 Å². The number of aromatic nitrogens is 4. The molecule has 0 saturated carbocycles. The molecule has 0 aliphatic carbocycles. The average molecular weight is 523 g/mol. The van der Waals surface area contributed by atoms with Gasteiger partial charge in [0.2, 0.25) is 5.91 Å². The molecule has 1 aliphatic heterocycles. The van der Waals surface area contributed by atoms with Crippen molar-refractivity contribution in [2.75, 3.05) is 31.1 Å². The molecular weight excluding hydrogens is 479 g/mol. The van der Waals surface area contributed by atoms with Gasteiger partial charge in [-0.25, -0.2) is 19.0 Å². The van der Waals surface area contributed by atoms with Gasteiger partial charge < -0.3 is 9.80 Å². The summed E-state index contributed by atoms with van der Waals surface area (Å²) in [6, 6.07) is 6.36. The average Bonchev–Trinajstić information content (AvgIpc) is 3.07. The summed E-state index contributed by atoms with van der Waals surface area (Å²) in [5.74, 6) is 2.37. The Balaban J connectivity index is 1.67. The first-order valence-electron chi connectivity index (χ1n) is 14.4. The monoisotopic (exact) mass is 522 g/mol. The second-order valence-electron chi connectivity index (χ2n) is 11.0. The van der Waals surface area contributed by atoms with E-state index in [1.807, 2.05) is 6.92 Å². The summed E-state index contributed by atoms with van der Waals surface area (Å²) in [7, 11) is 0. The van der Waals surface area contributed by atoms with E-state index in [1.54, 1.807) is 16.8 Å². The molecule has 0 spiro atoms. The molecular formula is C30H43FN6O. The van der Waals surface area contributed by atoms with Crippen molar-refractivity contribution >= 4 is 22.8 Å². The topological polar surface area (TPSA) is 67.2 Å². The molecule has 1 saturated heterocycles. The molecule has 7 nitrogen and oxygen atoms in total. The van der Waals surface area contributed by atoms with E-state index in [9.17, 15) is 9.18 Å². The van der Waals surface area contributed by atoms with E-state index < -0.39 is 0 Å².